The van der Waals surface area contributed by atoms with Gasteiger partial charge in [0.1, 0.15) is 23.2 Å². The van der Waals surface area contributed by atoms with E-state index in [0.29, 0.717) is 41.2 Å². The number of benzene rings is 2. The van der Waals surface area contributed by atoms with Crippen molar-refractivity contribution < 1.29 is 18.0 Å². The lowest BCUT2D eigenvalue weighted by atomic mass is 9.81. The molecular weight excluding hydrogens is 390 g/mol. The minimum Gasteiger partial charge on any atom is -0.423 e. The molecule has 2 N–H and O–H groups in total. The number of halogens is 2. The topological polar surface area (TPSA) is 79.5 Å². The molecule has 3 aromatic rings. The second-order valence-corrected chi connectivity index (χ2v) is 7.65. The molecule has 5 rings (SSSR count). The molecule has 8 heteroatoms. The summed E-state index contributed by atoms with van der Waals surface area (Å²) in [5.41, 5.74) is 2.72. The van der Waals surface area contributed by atoms with Crippen molar-refractivity contribution in [1.29, 1.82) is 0 Å². The highest BCUT2D eigenvalue weighted by molar-refractivity contribution is 6.03. The standard InChI is InChI=1S/C22H18F2N4O2/c1-11-6-16-19(17(29)7-11)20(12-8-13(23)10-14(24)9-12)27-21(25-16)28-22-26-15-4-2-3-5-18(15)30-22/h2-5,8-11,20H,6-7H2,1H3,(H2,25,26,27,28)/t11-,20+/m1/s1. The van der Waals surface area contributed by atoms with Crippen molar-refractivity contribution in [2.75, 3.05) is 5.32 Å². The van der Waals surface area contributed by atoms with Gasteiger partial charge in [0.05, 0.1) is 0 Å². The Morgan fingerprint density at radius 2 is 1.90 bits per heavy atom. The Bertz CT molecular complexity index is 1180. The number of oxazole rings is 1. The van der Waals surface area contributed by atoms with Crippen LogP contribution in [0.25, 0.3) is 11.1 Å². The van der Waals surface area contributed by atoms with Crippen molar-refractivity contribution in [2.45, 2.75) is 25.8 Å². The van der Waals surface area contributed by atoms with Crippen molar-refractivity contribution in [2.24, 2.45) is 10.9 Å². The van der Waals surface area contributed by atoms with Crippen molar-refractivity contribution in [3.05, 3.63) is 70.9 Å². The van der Waals surface area contributed by atoms with Crippen molar-refractivity contribution in [3.63, 3.8) is 0 Å². The average molecular weight is 408 g/mol. The molecule has 2 atom stereocenters. The molecule has 1 aliphatic carbocycles. The van der Waals surface area contributed by atoms with Crippen molar-refractivity contribution >= 4 is 28.9 Å². The molecule has 1 aromatic heterocycles. The van der Waals surface area contributed by atoms with E-state index in [9.17, 15) is 13.6 Å². The summed E-state index contributed by atoms with van der Waals surface area (Å²) < 4.78 is 33.4. The number of carbonyl (C=O) groups excluding carboxylic acids is 1. The van der Waals surface area contributed by atoms with Crippen LogP contribution in [0.1, 0.15) is 31.4 Å². The van der Waals surface area contributed by atoms with Crippen molar-refractivity contribution in [1.82, 2.24) is 10.3 Å². The van der Waals surface area contributed by atoms with Gasteiger partial charge >= 0.3 is 6.01 Å². The van der Waals surface area contributed by atoms with Crippen LogP contribution in [0.2, 0.25) is 0 Å². The minimum atomic E-state index is -0.821. The zero-order valence-corrected chi connectivity index (χ0v) is 16.1. The number of aliphatic imine (C=N–C) groups is 1. The van der Waals surface area contributed by atoms with E-state index in [0.717, 1.165) is 6.07 Å². The Kier molecular flexibility index (Phi) is 4.34. The van der Waals surface area contributed by atoms with E-state index in [2.05, 4.69) is 20.6 Å². The third-order valence-electron chi connectivity index (χ3n) is 5.23. The zero-order valence-electron chi connectivity index (χ0n) is 16.1. The van der Waals surface area contributed by atoms with E-state index >= 15 is 0 Å². The summed E-state index contributed by atoms with van der Waals surface area (Å²) in [6.07, 6.45) is 1.00. The smallest absolute Gasteiger partial charge is 0.302 e. The number of ketones is 1. The van der Waals surface area contributed by atoms with E-state index in [1.165, 1.54) is 12.1 Å². The monoisotopic (exact) mass is 408 g/mol. The van der Waals surface area contributed by atoms with Gasteiger partial charge in [-0.25, -0.2) is 13.8 Å². The van der Waals surface area contributed by atoms with Gasteiger partial charge in [-0.1, -0.05) is 19.1 Å². The number of allylic oxidation sites excluding steroid dienone is 1. The quantitative estimate of drug-likeness (QED) is 0.654. The predicted molar refractivity (Wildman–Crippen MR) is 108 cm³/mol. The highest BCUT2D eigenvalue weighted by Gasteiger charge is 2.35. The van der Waals surface area contributed by atoms with E-state index in [1.807, 2.05) is 25.1 Å². The molecule has 0 spiro atoms. The number of aromatic nitrogens is 1. The number of Topliss-reactive ketones (excluding diaryl/α,β-unsaturated/α-hetero) is 1. The van der Waals surface area contributed by atoms with Gasteiger partial charge in [-0.2, -0.15) is 4.98 Å². The second kappa shape index (κ2) is 7.05. The Hall–Kier alpha value is -3.55. The lowest BCUT2D eigenvalue weighted by Crippen LogP contribution is -2.40. The molecule has 0 unspecified atom stereocenters. The molecule has 1 aliphatic heterocycles. The van der Waals surface area contributed by atoms with Crippen LogP contribution in [0.15, 0.2) is 63.1 Å². The summed E-state index contributed by atoms with van der Waals surface area (Å²) in [5, 5.41) is 6.14. The molecule has 0 saturated carbocycles. The number of nitrogens with zero attached hydrogens (tertiary/aromatic N) is 2. The summed E-state index contributed by atoms with van der Waals surface area (Å²) in [6, 6.07) is 9.92. The Balaban J connectivity index is 1.55. The molecule has 0 fully saturated rings. The van der Waals surface area contributed by atoms with Crippen LogP contribution in [0, 0.1) is 17.6 Å². The Morgan fingerprint density at radius 3 is 2.67 bits per heavy atom. The molecule has 30 heavy (non-hydrogen) atoms. The van der Waals surface area contributed by atoms with Gasteiger partial charge < -0.3 is 9.73 Å². The first-order valence-corrected chi connectivity index (χ1v) is 9.66. The van der Waals surface area contributed by atoms with Crippen LogP contribution in [0.3, 0.4) is 0 Å². The lowest BCUT2D eigenvalue weighted by Gasteiger charge is -2.32. The van der Waals surface area contributed by atoms with E-state index in [-0.39, 0.29) is 23.3 Å². The predicted octanol–water partition coefficient (Wildman–Crippen LogP) is 4.47. The van der Waals surface area contributed by atoms with E-state index in [1.54, 1.807) is 6.07 Å². The summed E-state index contributed by atoms with van der Waals surface area (Å²) >= 11 is 0. The molecule has 0 radical (unpaired) electrons. The van der Waals surface area contributed by atoms with Crippen LogP contribution in [-0.2, 0) is 4.79 Å². The van der Waals surface area contributed by atoms with Gasteiger partial charge in [0.15, 0.2) is 11.4 Å². The van der Waals surface area contributed by atoms with Crippen LogP contribution < -0.4 is 10.6 Å². The molecular formula is C22H18F2N4O2. The number of fused-ring (bicyclic) bond motifs is 1. The fraction of sp³-hybridized carbons (Fsp3) is 0.227. The molecule has 2 aromatic carbocycles. The highest BCUT2D eigenvalue weighted by Crippen LogP contribution is 2.38. The highest BCUT2D eigenvalue weighted by atomic mass is 19.1. The maximum absolute atomic E-state index is 13.9. The summed E-state index contributed by atoms with van der Waals surface area (Å²) in [5.74, 6) is -1.05. The molecule has 0 bridgehead atoms. The third kappa shape index (κ3) is 3.34. The number of anilines is 1. The molecule has 0 amide bonds. The van der Waals surface area contributed by atoms with E-state index in [4.69, 9.17) is 4.42 Å². The van der Waals surface area contributed by atoms with Crippen LogP contribution in [-0.4, -0.2) is 16.7 Å². The fourth-order valence-electron chi connectivity index (χ4n) is 3.99. The van der Waals surface area contributed by atoms with Crippen LogP contribution >= 0.6 is 0 Å². The van der Waals surface area contributed by atoms with Gasteiger partial charge in [-0.15, -0.1) is 0 Å². The van der Waals surface area contributed by atoms with Gasteiger partial charge in [0.25, 0.3) is 0 Å². The second-order valence-electron chi connectivity index (χ2n) is 7.65. The first-order valence-electron chi connectivity index (χ1n) is 9.66. The minimum absolute atomic E-state index is 0.0735. The summed E-state index contributed by atoms with van der Waals surface area (Å²) in [4.78, 5) is 21.7. The number of hydrogen-bond acceptors (Lipinski definition) is 6. The van der Waals surface area contributed by atoms with Crippen LogP contribution in [0.5, 0.6) is 0 Å². The molecule has 152 valence electrons. The molecule has 6 nitrogen and oxygen atoms in total. The Morgan fingerprint density at radius 1 is 1.13 bits per heavy atom. The van der Waals surface area contributed by atoms with Crippen LogP contribution in [0.4, 0.5) is 14.8 Å². The summed E-state index contributed by atoms with van der Waals surface area (Å²) in [6.45, 7) is 1.99. The number of guanidine groups is 1. The number of carbonyl (C=O) groups is 1. The zero-order chi connectivity index (χ0) is 20.8. The van der Waals surface area contributed by atoms with Gasteiger partial charge in [0, 0.05) is 23.8 Å². The first-order chi connectivity index (χ1) is 14.5. The average Bonchev–Trinajstić information content (AvgIpc) is 3.08. The lowest BCUT2D eigenvalue weighted by molar-refractivity contribution is -0.117. The molecule has 0 saturated heterocycles. The largest absolute Gasteiger partial charge is 0.423 e. The van der Waals surface area contributed by atoms with Gasteiger partial charge in [-0.3, -0.25) is 10.1 Å². The normalized spacial score (nSPS) is 21.3. The number of nitrogens with one attached hydrogen (secondary N) is 2. The number of rotatable bonds is 2. The molecule has 2 heterocycles. The van der Waals surface area contributed by atoms with Crippen molar-refractivity contribution in [3.8, 4) is 0 Å². The third-order valence-corrected chi connectivity index (χ3v) is 5.23. The van der Waals surface area contributed by atoms with Gasteiger partial charge in [0.2, 0.25) is 5.96 Å². The van der Waals surface area contributed by atoms with E-state index < -0.39 is 17.7 Å². The molecule has 2 aliphatic rings. The summed E-state index contributed by atoms with van der Waals surface area (Å²) in [7, 11) is 0. The first kappa shape index (κ1) is 18.5. The fourth-order valence-corrected chi connectivity index (χ4v) is 3.99. The maximum atomic E-state index is 13.9. The van der Waals surface area contributed by atoms with Gasteiger partial charge in [-0.05, 0) is 42.2 Å². The SMILES string of the molecule is C[C@H]1CC(=O)C2=C(C1)NC(Nc1nc3ccccc3o1)=N[C@H]2c1cc(F)cc(F)c1. The number of hydrogen-bond donors (Lipinski definition) is 2. The number of para-hydroxylation sites is 2. The Labute approximate surface area is 170 Å². The maximum Gasteiger partial charge on any atom is 0.302 e.